The second-order valence-corrected chi connectivity index (χ2v) is 3.77. The molecule has 0 amide bonds. The van der Waals surface area contributed by atoms with Crippen LogP contribution in [0.1, 0.15) is 0 Å². The molecule has 2 rings (SSSR count). The minimum atomic E-state index is -0.337. The fourth-order valence-electron chi connectivity index (χ4n) is 1.55. The number of oxazole rings is 1. The van der Waals surface area contributed by atoms with Crippen LogP contribution in [0, 0.1) is 0 Å². The summed E-state index contributed by atoms with van der Waals surface area (Å²) in [7, 11) is 0. The Hall–Kier alpha value is -1.20. The molecule has 0 fully saturated rings. The molecule has 1 aromatic carbocycles. The number of nitrogens with zero attached hydrogens (tertiary/aromatic N) is 1. The van der Waals surface area contributed by atoms with Crippen LogP contribution in [0.25, 0.3) is 11.1 Å². The molecule has 2 aromatic rings. The molecule has 0 aliphatic rings. The average Bonchev–Trinajstić information content (AvgIpc) is 2.61. The van der Waals surface area contributed by atoms with E-state index in [-0.39, 0.29) is 5.76 Å². The fraction of sp³-hybridized carbons (Fsp3) is 0.364. The summed E-state index contributed by atoms with van der Waals surface area (Å²) in [5.41, 5.74) is 1.42. The van der Waals surface area contributed by atoms with Gasteiger partial charge in [0.1, 0.15) is 0 Å². The van der Waals surface area contributed by atoms with Gasteiger partial charge in [0.25, 0.3) is 0 Å². The minimum Gasteiger partial charge on any atom is -0.408 e. The molecule has 0 N–H and O–H groups in total. The molecule has 86 valence electrons. The number of benzene rings is 1. The third-order valence-corrected chi connectivity index (χ3v) is 2.45. The molecule has 0 unspecified atom stereocenters. The van der Waals surface area contributed by atoms with Gasteiger partial charge < -0.3 is 9.15 Å². The third kappa shape index (κ3) is 2.31. The first kappa shape index (κ1) is 11.3. The van der Waals surface area contributed by atoms with E-state index >= 15 is 0 Å². The Morgan fingerprint density at radius 2 is 2.12 bits per heavy atom. The number of rotatable bonds is 5. The van der Waals surface area contributed by atoms with E-state index in [2.05, 4.69) is 12.6 Å². The van der Waals surface area contributed by atoms with E-state index in [1.54, 1.807) is 10.6 Å². The van der Waals surface area contributed by atoms with Crippen LogP contribution in [-0.4, -0.2) is 23.5 Å². The largest absolute Gasteiger partial charge is 0.420 e. The smallest absolute Gasteiger partial charge is 0.408 e. The molecular weight excluding hydrogens is 226 g/mol. The molecule has 0 saturated carbocycles. The number of ether oxygens (including phenoxy) is 1. The topological polar surface area (TPSA) is 44.4 Å². The summed E-state index contributed by atoms with van der Waals surface area (Å²) in [6.45, 7) is 1.58. The lowest BCUT2D eigenvalue weighted by atomic mass is 10.3. The molecule has 0 aliphatic carbocycles. The summed E-state index contributed by atoms with van der Waals surface area (Å²) >= 11 is 4.04. The van der Waals surface area contributed by atoms with Gasteiger partial charge >= 0.3 is 5.76 Å². The van der Waals surface area contributed by atoms with E-state index in [1.807, 2.05) is 18.2 Å². The highest BCUT2D eigenvalue weighted by Crippen LogP contribution is 2.11. The summed E-state index contributed by atoms with van der Waals surface area (Å²) in [5.74, 6) is 0.344. The van der Waals surface area contributed by atoms with Gasteiger partial charge in [-0.2, -0.15) is 12.6 Å². The SMILES string of the molecule is O=c1oc2ccccc2n1CCOCCS. The number of aromatic nitrogens is 1. The number of thiol groups is 1. The van der Waals surface area contributed by atoms with Crippen LogP contribution in [0.5, 0.6) is 0 Å². The zero-order valence-electron chi connectivity index (χ0n) is 8.76. The van der Waals surface area contributed by atoms with E-state index in [9.17, 15) is 4.79 Å². The molecule has 4 nitrogen and oxygen atoms in total. The van der Waals surface area contributed by atoms with Crippen LogP contribution in [0.15, 0.2) is 33.5 Å². The second-order valence-electron chi connectivity index (χ2n) is 3.32. The van der Waals surface area contributed by atoms with Crippen molar-refractivity contribution in [2.75, 3.05) is 19.0 Å². The Balaban J connectivity index is 2.16. The first-order valence-electron chi connectivity index (χ1n) is 5.10. The van der Waals surface area contributed by atoms with Crippen LogP contribution >= 0.6 is 12.6 Å². The first-order valence-corrected chi connectivity index (χ1v) is 5.73. The molecule has 0 saturated heterocycles. The van der Waals surface area contributed by atoms with Crippen LogP contribution < -0.4 is 5.76 Å². The predicted octanol–water partition coefficient (Wildman–Crippen LogP) is 1.54. The van der Waals surface area contributed by atoms with Crippen molar-refractivity contribution in [3.63, 3.8) is 0 Å². The zero-order valence-corrected chi connectivity index (χ0v) is 9.65. The van der Waals surface area contributed by atoms with Gasteiger partial charge in [-0.1, -0.05) is 12.1 Å². The normalized spacial score (nSPS) is 11.1. The molecule has 0 aliphatic heterocycles. The Morgan fingerprint density at radius 3 is 2.94 bits per heavy atom. The van der Waals surface area contributed by atoms with E-state index in [1.165, 1.54) is 0 Å². The van der Waals surface area contributed by atoms with Gasteiger partial charge in [0.2, 0.25) is 0 Å². The predicted molar refractivity (Wildman–Crippen MR) is 65.1 cm³/mol. The summed E-state index contributed by atoms with van der Waals surface area (Å²) in [5, 5.41) is 0. The van der Waals surface area contributed by atoms with Crippen molar-refractivity contribution in [2.24, 2.45) is 0 Å². The summed E-state index contributed by atoms with van der Waals surface area (Å²) in [4.78, 5) is 11.5. The highest BCUT2D eigenvalue weighted by molar-refractivity contribution is 7.80. The van der Waals surface area contributed by atoms with E-state index in [4.69, 9.17) is 9.15 Å². The quantitative estimate of drug-likeness (QED) is 0.636. The Bertz CT molecular complexity index is 517. The summed E-state index contributed by atoms with van der Waals surface area (Å²) in [6.07, 6.45) is 0. The molecule has 1 aromatic heterocycles. The Labute approximate surface area is 98.2 Å². The van der Waals surface area contributed by atoms with Gasteiger partial charge in [-0.05, 0) is 12.1 Å². The van der Waals surface area contributed by atoms with Crippen LogP contribution in [-0.2, 0) is 11.3 Å². The average molecular weight is 239 g/mol. The number of para-hydroxylation sites is 2. The lowest BCUT2D eigenvalue weighted by Gasteiger charge is -2.02. The third-order valence-electron chi connectivity index (χ3n) is 2.27. The first-order chi connectivity index (χ1) is 7.83. The van der Waals surface area contributed by atoms with Crippen LogP contribution in [0.2, 0.25) is 0 Å². The molecule has 1 heterocycles. The lowest BCUT2D eigenvalue weighted by molar-refractivity contribution is 0.140. The molecular formula is C11H13NO3S. The number of hydrogen-bond donors (Lipinski definition) is 1. The maximum atomic E-state index is 11.5. The molecule has 0 spiro atoms. The standard InChI is InChI=1S/C11H13NO3S/c13-11-12(5-6-14-7-8-16)9-3-1-2-4-10(9)15-11/h1-4,16H,5-8H2. The van der Waals surface area contributed by atoms with Crippen molar-refractivity contribution in [3.8, 4) is 0 Å². The maximum absolute atomic E-state index is 11.5. The molecule has 0 bridgehead atoms. The highest BCUT2D eigenvalue weighted by Gasteiger charge is 2.07. The van der Waals surface area contributed by atoms with E-state index in [0.29, 0.717) is 31.1 Å². The van der Waals surface area contributed by atoms with Gasteiger partial charge in [-0.3, -0.25) is 4.57 Å². The van der Waals surface area contributed by atoms with Gasteiger partial charge in [0.05, 0.1) is 25.3 Å². The van der Waals surface area contributed by atoms with Crippen molar-refractivity contribution in [3.05, 3.63) is 34.8 Å². The lowest BCUT2D eigenvalue weighted by Crippen LogP contribution is -2.17. The van der Waals surface area contributed by atoms with E-state index in [0.717, 1.165) is 5.52 Å². The molecule has 16 heavy (non-hydrogen) atoms. The molecule has 0 atom stereocenters. The summed E-state index contributed by atoms with van der Waals surface area (Å²) < 4.78 is 12.0. The maximum Gasteiger partial charge on any atom is 0.420 e. The van der Waals surface area contributed by atoms with Gasteiger partial charge in [0.15, 0.2) is 5.58 Å². The fourth-order valence-corrected chi connectivity index (χ4v) is 1.68. The molecule has 0 radical (unpaired) electrons. The van der Waals surface area contributed by atoms with E-state index < -0.39 is 0 Å². The second kappa shape index (κ2) is 5.23. The van der Waals surface area contributed by atoms with Crippen molar-refractivity contribution in [2.45, 2.75) is 6.54 Å². The van der Waals surface area contributed by atoms with Crippen molar-refractivity contribution < 1.29 is 9.15 Å². The van der Waals surface area contributed by atoms with Gasteiger partial charge in [0, 0.05) is 5.75 Å². The number of hydrogen-bond acceptors (Lipinski definition) is 4. The highest BCUT2D eigenvalue weighted by atomic mass is 32.1. The van der Waals surface area contributed by atoms with Gasteiger partial charge in [-0.25, -0.2) is 4.79 Å². The summed E-state index contributed by atoms with van der Waals surface area (Å²) in [6, 6.07) is 7.36. The van der Waals surface area contributed by atoms with Crippen molar-refractivity contribution in [1.82, 2.24) is 4.57 Å². The van der Waals surface area contributed by atoms with Crippen LogP contribution in [0.4, 0.5) is 0 Å². The minimum absolute atomic E-state index is 0.337. The van der Waals surface area contributed by atoms with Gasteiger partial charge in [-0.15, -0.1) is 0 Å². The van der Waals surface area contributed by atoms with Crippen molar-refractivity contribution >= 4 is 23.7 Å². The van der Waals surface area contributed by atoms with Crippen molar-refractivity contribution in [1.29, 1.82) is 0 Å². The Kier molecular flexibility index (Phi) is 3.69. The molecule has 5 heteroatoms. The monoisotopic (exact) mass is 239 g/mol. The number of fused-ring (bicyclic) bond motifs is 1. The zero-order chi connectivity index (χ0) is 11.4. The Morgan fingerprint density at radius 1 is 1.31 bits per heavy atom. The van der Waals surface area contributed by atoms with Crippen LogP contribution in [0.3, 0.4) is 0 Å².